The molecule has 1 rings (SSSR count). The number of hydrogen-bond acceptors (Lipinski definition) is 5. The fraction of sp³-hybridized carbons (Fsp3) is 0.727. The number of nitrogens with one attached hydrogen (secondary N) is 1. The molecule has 1 heterocycles. The van der Waals surface area contributed by atoms with Gasteiger partial charge in [0.05, 0.1) is 12.1 Å². The van der Waals surface area contributed by atoms with Gasteiger partial charge >= 0.3 is 0 Å². The molecule has 1 aromatic rings. The highest BCUT2D eigenvalue weighted by Crippen LogP contribution is 2.12. The lowest BCUT2D eigenvalue weighted by Gasteiger charge is -2.27. The summed E-state index contributed by atoms with van der Waals surface area (Å²) in [5.74, 6) is 0.0208. The van der Waals surface area contributed by atoms with E-state index in [0.717, 1.165) is 6.42 Å². The molecular formula is C11H19N3O3. The first-order chi connectivity index (χ1) is 8.04. The summed E-state index contributed by atoms with van der Waals surface area (Å²) in [6, 6.07) is 0. The average Bonchev–Trinajstić information content (AvgIpc) is 2.78. The SMILES string of the molecule is CCCC(C)(CO)NC(=O)c1noc(CC)n1. The molecule has 1 atom stereocenters. The third-order valence-electron chi connectivity index (χ3n) is 2.54. The van der Waals surface area contributed by atoms with Crippen LogP contribution in [0.15, 0.2) is 4.52 Å². The third kappa shape index (κ3) is 3.52. The van der Waals surface area contributed by atoms with Gasteiger partial charge in [0, 0.05) is 6.42 Å². The molecule has 2 N–H and O–H groups in total. The Morgan fingerprint density at radius 1 is 1.53 bits per heavy atom. The van der Waals surface area contributed by atoms with Crippen molar-refractivity contribution in [3.63, 3.8) is 0 Å². The number of carbonyl (C=O) groups excluding carboxylic acids is 1. The van der Waals surface area contributed by atoms with Gasteiger partial charge in [0.15, 0.2) is 0 Å². The Labute approximate surface area is 100 Å². The molecule has 1 unspecified atom stereocenters. The average molecular weight is 241 g/mol. The van der Waals surface area contributed by atoms with Crippen molar-refractivity contribution in [3.8, 4) is 0 Å². The van der Waals surface area contributed by atoms with Crippen LogP contribution in [0.3, 0.4) is 0 Å². The fourth-order valence-electron chi connectivity index (χ4n) is 1.55. The number of hydrogen-bond donors (Lipinski definition) is 2. The largest absolute Gasteiger partial charge is 0.394 e. The summed E-state index contributed by atoms with van der Waals surface area (Å²) in [5, 5.41) is 15.6. The molecule has 0 aliphatic carbocycles. The first-order valence-corrected chi connectivity index (χ1v) is 5.80. The quantitative estimate of drug-likeness (QED) is 0.773. The van der Waals surface area contributed by atoms with Crippen molar-refractivity contribution in [1.29, 1.82) is 0 Å². The number of aromatic nitrogens is 2. The Hall–Kier alpha value is -1.43. The molecule has 0 saturated heterocycles. The van der Waals surface area contributed by atoms with E-state index in [2.05, 4.69) is 15.5 Å². The summed E-state index contributed by atoms with van der Waals surface area (Å²) in [7, 11) is 0. The van der Waals surface area contributed by atoms with Crippen LogP contribution in [0, 0.1) is 0 Å². The molecule has 96 valence electrons. The van der Waals surface area contributed by atoms with Crippen molar-refractivity contribution >= 4 is 5.91 Å². The number of aliphatic hydroxyl groups excluding tert-OH is 1. The molecule has 0 spiro atoms. The molecule has 0 aromatic carbocycles. The van der Waals surface area contributed by atoms with Crippen LogP contribution in [0.4, 0.5) is 0 Å². The molecule has 0 radical (unpaired) electrons. The van der Waals surface area contributed by atoms with Gasteiger partial charge in [-0.1, -0.05) is 25.4 Å². The maximum absolute atomic E-state index is 11.8. The molecule has 0 saturated carbocycles. The van der Waals surface area contributed by atoms with E-state index in [9.17, 15) is 9.90 Å². The van der Waals surface area contributed by atoms with Gasteiger partial charge in [-0.05, 0) is 13.3 Å². The Bertz CT molecular complexity index is 378. The first-order valence-electron chi connectivity index (χ1n) is 5.80. The Morgan fingerprint density at radius 3 is 2.71 bits per heavy atom. The van der Waals surface area contributed by atoms with Crippen molar-refractivity contribution < 1.29 is 14.4 Å². The molecule has 6 heteroatoms. The normalized spacial score (nSPS) is 14.4. The van der Waals surface area contributed by atoms with Crippen molar-refractivity contribution in [2.75, 3.05) is 6.61 Å². The van der Waals surface area contributed by atoms with Gasteiger partial charge in [-0.15, -0.1) is 0 Å². The predicted molar refractivity (Wildman–Crippen MR) is 61.5 cm³/mol. The molecule has 0 fully saturated rings. The van der Waals surface area contributed by atoms with Crippen LogP contribution in [-0.2, 0) is 6.42 Å². The van der Waals surface area contributed by atoms with Gasteiger partial charge in [-0.25, -0.2) is 0 Å². The second-order valence-corrected chi connectivity index (χ2v) is 4.29. The zero-order valence-electron chi connectivity index (χ0n) is 10.5. The molecule has 1 aromatic heterocycles. The zero-order chi connectivity index (χ0) is 12.9. The van der Waals surface area contributed by atoms with Crippen LogP contribution in [-0.4, -0.2) is 33.3 Å². The van der Waals surface area contributed by atoms with Crippen LogP contribution in [0.2, 0.25) is 0 Å². The summed E-state index contributed by atoms with van der Waals surface area (Å²) in [6.45, 7) is 5.52. The highest BCUT2D eigenvalue weighted by atomic mass is 16.5. The van der Waals surface area contributed by atoms with Crippen LogP contribution in [0.25, 0.3) is 0 Å². The van der Waals surface area contributed by atoms with Crippen molar-refractivity contribution in [3.05, 3.63) is 11.7 Å². The first kappa shape index (κ1) is 13.6. The van der Waals surface area contributed by atoms with E-state index in [1.165, 1.54) is 0 Å². The lowest BCUT2D eigenvalue weighted by atomic mass is 9.97. The summed E-state index contributed by atoms with van der Waals surface area (Å²) >= 11 is 0. The predicted octanol–water partition coefficient (Wildman–Crippen LogP) is 0.913. The van der Waals surface area contributed by atoms with E-state index in [4.69, 9.17) is 4.52 Å². The summed E-state index contributed by atoms with van der Waals surface area (Å²) in [6.07, 6.45) is 2.14. The Morgan fingerprint density at radius 2 is 2.24 bits per heavy atom. The molecule has 17 heavy (non-hydrogen) atoms. The zero-order valence-corrected chi connectivity index (χ0v) is 10.5. The van der Waals surface area contributed by atoms with Crippen molar-refractivity contribution in [2.45, 2.75) is 45.6 Å². The minimum atomic E-state index is -0.640. The number of aryl methyl sites for hydroxylation is 1. The lowest BCUT2D eigenvalue weighted by Crippen LogP contribution is -2.49. The second kappa shape index (κ2) is 5.77. The fourth-order valence-corrected chi connectivity index (χ4v) is 1.55. The van der Waals surface area contributed by atoms with E-state index >= 15 is 0 Å². The molecule has 0 bridgehead atoms. The number of carbonyl (C=O) groups is 1. The Kier molecular flexibility index (Phi) is 4.62. The number of amides is 1. The van der Waals surface area contributed by atoms with Gasteiger partial charge < -0.3 is 14.9 Å². The maximum atomic E-state index is 11.8. The summed E-state index contributed by atoms with van der Waals surface area (Å²) < 4.78 is 4.86. The van der Waals surface area contributed by atoms with E-state index in [-0.39, 0.29) is 12.4 Å². The second-order valence-electron chi connectivity index (χ2n) is 4.29. The van der Waals surface area contributed by atoms with Gasteiger partial charge in [0.1, 0.15) is 0 Å². The van der Waals surface area contributed by atoms with Gasteiger partial charge in [-0.2, -0.15) is 4.98 Å². The van der Waals surface area contributed by atoms with Crippen LogP contribution in [0.5, 0.6) is 0 Å². The van der Waals surface area contributed by atoms with Gasteiger partial charge in [0.25, 0.3) is 11.7 Å². The van der Waals surface area contributed by atoms with E-state index < -0.39 is 11.4 Å². The monoisotopic (exact) mass is 241 g/mol. The standard InChI is InChI=1S/C11H19N3O3/c1-4-6-11(3,7-15)13-10(16)9-12-8(5-2)17-14-9/h15H,4-7H2,1-3H3,(H,13,16). The van der Waals surface area contributed by atoms with Crippen LogP contribution in [0.1, 0.15) is 50.1 Å². The van der Waals surface area contributed by atoms with Gasteiger partial charge in [-0.3, -0.25) is 4.79 Å². The van der Waals surface area contributed by atoms with Crippen LogP contribution < -0.4 is 5.32 Å². The van der Waals surface area contributed by atoms with Crippen molar-refractivity contribution in [1.82, 2.24) is 15.5 Å². The lowest BCUT2D eigenvalue weighted by molar-refractivity contribution is 0.0827. The van der Waals surface area contributed by atoms with Gasteiger partial charge in [0.2, 0.25) is 5.89 Å². The summed E-state index contributed by atoms with van der Waals surface area (Å²) in [4.78, 5) is 15.8. The highest BCUT2D eigenvalue weighted by Gasteiger charge is 2.27. The van der Waals surface area contributed by atoms with Crippen molar-refractivity contribution in [2.24, 2.45) is 0 Å². The maximum Gasteiger partial charge on any atom is 0.293 e. The molecular weight excluding hydrogens is 222 g/mol. The van der Waals surface area contributed by atoms with E-state index in [1.807, 2.05) is 13.8 Å². The number of aliphatic hydroxyl groups is 1. The topological polar surface area (TPSA) is 88.2 Å². The van der Waals surface area contributed by atoms with Crippen LogP contribution >= 0.6 is 0 Å². The minimum absolute atomic E-state index is 0.0117. The minimum Gasteiger partial charge on any atom is -0.394 e. The molecule has 1 amide bonds. The summed E-state index contributed by atoms with van der Waals surface area (Å²) in [5.41, 5.74) is -0.640. The number of rotatable bonds is 6. The molecule has 0 aliphatic heterocycles. The highest BCUT2D eigenvalue weighted by molar-refractivity contribution is 5.90. The van der Waals surface area contributed by atoms with E-state index in [1.54, 1.807) is 6.92 Å². The third-order valence-corrected chi connectivity index (χ3v) is 2.54. The smallest absolute Gasteiger partial charge is 0.293 e. The Balaban J connectivity index is 2.70. The molecule has 0 aliphatic rings. The molecule has 6 nitrogen and oxygen atoms in total. The number of nitrogens with zero attached hydrogens (tertiary/aromatic N) is 2. The van der Waals surface area contributed by atoms with E-state index in [0.29, 0.717) is 18.7 Å².